The zero-order chi connectivity index (χ0) is 29.1. The van der Waals surface area contributed by atoms with Crippen molar-refractivity contribution in [1.29, 1.82) is 0 Å². The highest BCUT2D eigenvalue weighted by Crippen LogP contribution is 2.33. The zero-order valence-electron chi connectivity index (χ0n) is 24.0. The second-order valence-corrected chi connectivity index (χ2v) is 11.9. The topological polar surface area (TPSA) is 61.4 Å². The van der Waals surface area contributed by atoms with E-state index in [9.17, 15) is 9.18 Å². The van der Waals surface area contributed by atoms with Gasteiger partial charge in [0.15, 0.2) is 0 Å². The number of fused-ring (bicyclic) bond motifs is 1. The Morgan fingerprint density at radius 3 is 2.52 bits per heavy atom. The van der Waals surface area contributed by atoms with E-state index in [0.717, 1.165) is 37.1 Å². The molecule has 1 amide bonds. The third-order valence-electron chi connectivity index (χ3n) is 8.76. The van der Waals surface area contributed by atoms with Gasteiger partial charge >= 0.3 is 0 Å². The lowest BCUT2D eigenvalue weighted by molar-refractivity contribution is 0.0883. The van der Waals surface area contributed by atoms with Gasteiger partial charge < -0.3 is 10.2 Å². The first-order chi connectivity index (χ1) is 20.5. The third-order valence-corrected chi connectivity index (χ3v) is 9.06. The number of rotatable bonds is 7. The second kappa shape index (κ2) is 12.9. The molecule has 0 aliphatic carbocycles. The van der Waals surface area contributed by atoms with Gasteiger partial charge in [-0.1, -0.05) is 54.4 Å². The number of nitrogens with zero attached hydrogens (tertiary/aromatic N) is 4. The van der Waals surface area contributed by atoms with Gasteiger partial charge in [-0.3, -0.25) is 14.7 Å². The second-order valence-electron chi connectivity index (χ2n) is 11.5. The van der Waals surface area contributed by atoms with Crippen molar-refractivity contribution in [3.63, 3.8) is 0 Å². The quantitative estimate of drug-likeness (QED) is 0.252. The van der Waals surface area contributed by atoms with Crippen molar-refractivity contribution >= 4 is 28.5 Å². The van der Waals surface area contributed by atoms with Crippen LogP contribution in [0.25, 0.3) is 22.3 Å². The number of pyridine rings is 2. The molecule has 1 N–H and O–H groups in total. The molecule has 0 spiro atoms. The number of hydrogen-bond acceptors (Lipinski definition) is 5. The molecule has 2 aromatic heterocycles. The molecule has 6 nitrogen and oxygen atoms in total. The van der Waals surface area contributed by atoms with E-state index in [1.54, 1.807) is 24.4 Å². The summed E-state index contributed by atoms with van der Waals surface area (Å²) in [6.45, 7) is 6.75. The average molecular weight is 586 g/mol. The Kier molecular flexibility index (Phi) is 8.79. The number of amides is 1. The summed E-state index contributed by atoms with van der Waals surface area (Å²) in [5.41, 5.74) is 4.58. The maximum atomic E-state index is 14.7. The van der Waals surface area contributed by atoms with E-state index in [4.69, 9.17) is 16.6 Å². The predicted octanol–water partition coefficient (Wildman–Crippen LogP) is 7.03. The van der Waals surface area contributed by atoms with Gasteiger partial charge in [-0.2, -0.15) is 0 Å². The molecule has 0 unspecified atom stereocenters. The molecule has 1 atom stereocenters. The van der Waals surface area contributed by atoms with Crippen molar-refractivity contribution in [3.05, 3.63) is 94.4 Å². The number of aromatic nitrogens is 2. The largest absolute Gasteiger partial charge is 0.345 e. The molecule has 8 heteroatoms. The number of halogens is 2. The lowest BCUT2D eigenvalue weighted by Gasteiger charge is -2.40. The van der Waals surface area contributed by atoms with Crippen molar-refractivity contribution in [1.82, 2.24) is 25.1 Å². The van der Waals surface area contributed by atoms with Crippen LogP contribution in [0.1, 0.15) is 66.6 Å². The minimum atomic E-state index is -0.515. The van der Waals surface area contributed by atoms with Crippen LogP contribution in [0.15, 0.2) is 66.9 Å². The first kappa shape index (κ1) is 28.7. The van der Waals surface area contributed by atoms with Gasteiger partial charge in [0.1, 0.15) is 11.3 Å². The van der Waals surface area contributed by atoms with Crippen LogP contribution in [0.2, 0.25) is 5.02 Å². The number of carbonyl (C=O) groups excluding carboxylic acids is 1. The smallest absolute Gasteiger partial charge is 0.254 e. The van der Waals surface area contributed by atoms with E-state index >= 15 is 0 Å². The average Bonchev–Trinajstić information content (AvgIpc) is 3.03. The fourth-order valence-corrected chi connectivity index (χ4v) is 6.57. The molecular weight excluding hydrogens is 549 g/mol. The van der Waals surface area contributed by atoms with Crippen LogP contribution in [0.4, 0.5) is 4.39 Å². The Morgan fingerprint density at radius 1 is 1.02 bits per heavy atom. The molecule has 0 bridgehead atoms. The summed E-state index contributed by atoms with van der Waals surface area (Å²) in [5, 5.41) is 3.26. The SMILES string of the molecule is C[C@H](NC(=O)c1c(CN2CCC(N3CCCCC3)CC2)c(-c2ccc(Cl)c(F)c2)nc2cccnc12)c1ccccc1. The summed E-state index contributed by atoms with van der Waals surface area (Å²) in [4.78, 5) is 28.8. The Balaban J connectivity index is 1.39. The van der Waals surface area contributed by atoms with E-state index < -0.39 is 5.82 Å². The molecule has 4 aromatic rings. The van der Waals surface area contributed by atoms with Crippen molar-refractivity contribution < 1.29 is 9.18 Å². The number of likely N-dealkylation sites (tertiary alicyclic amines) is 2. The summed E-state index contributed by atoms with van der Waals surface area (Å²) < 4.78 is 14.7. The van der Waals surface area contributed by atoms with Crippen molar-refractivity contribution in [2.75, 3.05) is 26.2 Å². The highest BCUT2D eigenvalue weighted by Gasteiger charge is 2.29. The van der Waals surface area contributed by atoms with Crippen LogP contribution in [0.3, 0.4) is 0 Å². The van der Waals surface area contributed by atoms with E-state index in [1.165, 1.54) is 38.4 Å². The summed E-state index contributed by atoms with van der Waals surface area (Å²) in [6, 6.07) is 18.7. The molecule has 2 aromatic carbocycles. The summed E-state index contributed by atoms with van der Waals surface area (Å²) in [7, 11) is 0. The van der Waals surface area contributed by atoms with Gasteiger partial charge in [0.05, 0.1) is 27.8 Å². The summed E-state index contributed by atoms with van der Waals surface area (Å²) >= 11 is 6.05. The van der Waals surface area contributed by atoms with Gasteiger partial charge in [-0.05, 0) is 88.6 Å². The van der Waals surface area contributed by atoms with Crippen molar-refractivity contribution in [2.45, 2.75) is 57.7 Å². The van der Waals surface area contributed by atoms with Gasteiger partial charge in [-0.25, -0.2) is 9.37 Å². The zero-order valence-corrected chi connectivity index (χ0v) is 24.8. The molecule has 42 heavy (non-hydrogen) atoms. The van der Waals surface area contributed by atoms with Crippen LogP contribution in [0, 0.1) is 5.82 Å². The molecule has 2 aliphatic heterocycles. The van der Waals surface area contributed by atoms with Crippen LogP contribution < -0.4 is 5.32 Å². The first-order valence-electron chi connectivity index (χ1n) is 15.0. The standard InChI is InChI=1S/C34H37ClFN5O/c1-23(24-9-4-2-5-10-24)38-34(42)31-27(22-40-19-14-26(15-20-40)41-17-6-3-7-18-41)32(25-12-13-28(35)29(36)21-25)39-30-11-8-16-37-33(30)31/h2,4-5,8-13,16,21,23,26H,3,6-7,14-15,17-20,22H2,1H3,(H,38,42)/t23-/m0/s1. The molecule has 2 saturated heterocycles. The molecule has 2 aliphatic rings. The Hall–Kier alpha value is -3.39. The first-order valence-corrected chi connectivity index (χ1v) is 15.4. The Labute approximate surface area is 251 Å². The number of nitrogens with one attached hydrogen (secondary N) is 1. The number of piperidine rings is 2. The van der Waals surface area contributed by atoms with E-state index in [1.807, 2.05) is 43.3 Å². The lowest BCUT2D eigenvalue weighted by Crippen LogP contribution is -2.46. The normalized spacial score (nSPS) is 17.8. The highest BCUT2D eigenvalue weighted by molar-refractivity contribution is 6.30. The third kappa shape index (κ3) is 6.19. The molecule has 6 rings (SSSR count). The fraction of sp³-hybridized carbons (Fsp3) is 0.382. The van der Waals surface area contributed by atoms with Crippen LogP contribution in [0.5, 0.6) is 0 Å². The van der Waals surface area contributed by atoms with Crippen molar-refractivity contribution in [3.8, 4) is 11.3 Å². The maximum absolute atomic E-state index is 14.7. The number of carbonyl (C=O) groups is 1. The van der Waals surface area contributed by atoms with Gasteiger partial charge in [0, 0.05) is 29.9 Å². The van der Waals surface area contributed by atoms with E-state index in [0.29, 0.717) is 40.4 Å². The fourth-order valence-electron chi connectivity index (χ4n) is 6.45. The van der Waals surface area contributed by atoms with Gasteiger partial charge in [-0.15, -0.1) is 0 Å². The van der Waals surface area contributed by atoms with Crippen LogP contribution in [-0.4, -0.2) is 57.9 Å². The minimum absolute atomic E-state index is 0.0530. The molecule has 4 heterocycles. The molecule has 0 saturated carbocycles. The summed E-state index contributed by atoms with van der Waals surface area (Å²) in [6.07, 6.45) is 7.79. The Morgan fingerprint density at radius 2 is 1.79 bits per heavy atom. The monoisotopic (exact) mass is 585 g/mol. The molecule has 0 radical (unpaired) electrons. The van der Waals surface area contributed by atoms with Crippen LogP contribution in [-0.2, 0) is 6.54 Å². The van der Waals surface area contributed by atoms with Gasteiger partial charge in [0.2, 0.25) is 0 Å². The Bertz CT molecular complexity index is 1550. The molecular formula is C34H37ClFN5O. The summed E-state index contributed by atoms with van der Waals surface area (Å²) in [5.74, 6) is -0.731. The van der Waals surface area contributed by atoms with E-state index in [2.05, 4.69) is 20.1 Å². The number of hydrogen-bond donors (Lipinski definition) is 1. The molecule has 2 fully saturated rings. The van der Waals surface area contributed by atoms with E-state index in [-0.39, 0.29) is 17.0 Å². The maximum Gasteiger partial charge on any atom is 0.254 e. The lowest BCUT2D eigenvalue weighted by atomic mass is 9.95. The van der Waals surface area contributed by atoms with Crippen LogP contribution >= 0.6 is 11.6 Å². The number of benzene rings is 2. The highest BCUT2D eigenvalue weighted by atomic mass is 35.5. The minimum Gasteiger partial charge on any atom is -0.345 e. The molecule has 218 valence electrons. The van der Waals surface area contributed by atoms with Gasteiger partial charge in [0.25, 0.3) is 5.91 Å². The van der Waals surface area contributed by atoms with Crippen molar-refractivity contribution in [2.24, 2.45) is 0 Å². The predicted molar refractivity (Wildman–Crippen MR) is 166 cm³/mol.